The van der Waals surface area contributed by atoms with E-state index in [0.29, 0.717) is 16.6 Å². The number of allylic oxidation sites excluding steroid dienone is 1. The molecular formula is C32H24F4N2O2S2. The highest BCUT2D eigenvalue weighted by Gasteiger charge is 2.37. The van der Waals surface area contributed by atoms with Crippen LogP contribution in [-0.2, 0) is 22.7 Å². The maximum absolute atomic E-state index is 14.3. The van der Waals surface area contributed by atoms with E-state index >= 15 is 0 Å². The summed E-state index contributed by atoms with van der Waals surface area (Å²) in [6.07, 6.45) is -2.92. The number of nitrogens with two attached hydrogens (primary N) is 1. The average molecular weight is 609 g/mol. The van der Waals surface area contributed by atoms with Gasteiger partial charge in [-0.15, -0.1) is 11.3 Å². The van der Waals surface area contributed by atoms with Crippen molar-refractivity contribution >= 4 is 42.0 Å². The number of nitrogens with zero attached hydrogens (tertiary/aromatic N) is 1. The summed E-state index contributed by atoms with van der Waals surface area (Å²) in [4.78, 5) is -0.0171. The molecule has 0 spiro atoms. The molecule has 4 nitrogen and oxygen atoms in total. The monoisotopic (exact) mass is 608 g/mol. The van der Waals surface area contributed by atoms with Crippen molar-refractivity contribution in [3.63, 3.8) is 0 Å². The molecule has 1 aliphatic carbocycles. The van der Waals surface area contributed by atoms with E-state index in [4.69, 9.17) is 5.73 Å². The summed E-state index contributed by atoms with van der Waals surface area (Å²) >= 11 is 1.25. The average Bonchev–Trinajstić information content (AvgIpc) is 3.54. The predicted molar refractivity (Wildman–Crippen MR) is 158 cm³/mol. The Balaban J connectivity index is 1.60. The van der Waals surface area contributed by atoms with Crippen molar-refractivity contribution in [2.75, 3.05) is 10.8 Å². The molecule has 0 aliphatic heterocycles. The highest BCUT2D eigenvalue weighted by molar-refractivity contribution is 7.93. The van der Waals surface area contributed by atoms with Gasteiger partial charge in [-0.3, -0.25) is 4.31 Å². The topological polar surface area (TPSA) is 63.4 Å². The van der Waals surface area contributed by atoms with Gasteiger partial charge in [-0.25, -0.2) is 12.8 Å². The molecule has 4 aromatic carbocycles. The molecule has 0 fully saturated rings. The Kier molecular flexibility index (Phi) is 7.16. The summed E-state index contributed by atoms with van der Waals surface area (Å²) in [7, 11) is -4.28. The lowest BCUT2D eigenvalue weighted by Gasteiger charge is -2.26. The molecule has 0 saturated heterocycles. The van der Waals surface area contributed by atoms with Crippen LogP contribution < -0.4 is 10.0 Å². The summed E-state index contributed by atoms with van der Waals surface area (Å²) in [5.74, 6) is -1.77. The van der Waals surface area contributed by atoms with Gasteiger partial charge in [0.2, 0.25) is 0 Å². The van der Waals surface area contributed by atoms with Crippen LogP contribution in [0.5, 0.6) is 0 Å². The molecule has 0 amide bonds. The van der Waals surface area contributed by atoms with Crippen molar-refractivity contribution in [3.05, 3.63) is 137 Å². The molecule has 0 bridgehead atoms. The third kappa shape index (κ3) is 4.89. The highest BCUT2D eigenvalue weighted by Crippen LogP contribution is 2.50. The number of sulfonamides is 1. The lowest BCUT2D eigenvalue weighted by molar-refractivity contribution is -0.140. The quantitative estimate of drug-likeness (QED) is 0.191. The third-order valence-corrected chi connectivity index (χ3v) is 10.5. The van der Waals surface area contributed by atoms with Gasteiger partial charge in [-0.05, 0) is 58.0 Å². The summed E-state index contributed by atoms with van der Waals surface area (Å²) in [6, 6.07) is 25.6. The Hall–Kier alpha value is -3.99. The van der Waals surface area contributed by atoms with Crippen LogP contribution >= 0.6 is 11.3 Å². The number of anilines is 1. The molecule has 214 valence electrons. The van der Waals surface area contributed by atoms with Crippen molar-refractivity contribution in [1.82, 2.24) is 0 Å². The minimum Gasteiger partial charge on any atom is -0.326 e. The van der Waals surface area contributed by atoms with Gasteiger partial charge in [0.05, 0.1) is 17.0 Å². The zero-order valence-electron chi connectivity index (χ0n) is 22.0. The standard InChI is InChI=1S/C32H24F4N2O2S2/c33-28-15-14-20(16-27(28)32(34,35)36)19-38(42(39,40)22-8-2-1-3-9-22)31-30(25-12-6-7-13-29(25)41-31)26-17-21(18-37)23-10-4-5-11-24(23)26/h1-17,26H,18-19,37H2. The first kappa shape index (κ1) is 28.1. The fraction of sp³-hybridized carbons (Fsp3) is 0.125. The zero-order valence-corrected chi connectivity index (χ0v) is 23.6. The number of benzene rings is 4. The van der Waals surface area contributed by atoms with Crippen LogP contribution in [0, 0.1) is 5.82 Å². The lowest BCUT2D eigenvalue weighted by atomic mass is 9.92. The summed E-state index contributed by atoms with van der Waals surface area (Å²) in [5, 5.41) is 1.20. The third-order valence-electron chi connectivity index (χ3n) is 7.37. The fourth-order valence-electron chi connectivity index (χ4n) is 5.44. The Morgan fingerprint density at radius 3 is 2.31 bits per heavy atom. The molecular weight excluding hydrogens is 584 g/mol. The van der Waals surface area contributed by atoms with Gasteiger partial charge in [0.25, 0.3) is 10.0 Å². The van der Waals surface area contributed by atoms with E-state index in [-0.39, 0.29) is 22.9 Å². The van der Waals surface area contributed by atoms with Crippen LogP contribution in [0.4, 0.5) is 22.6 Å². The first-order valence-corrected chi connectivity index (χ1v) is 15.3. The molecule has 42 heavy (non-hydrogen) atoms. The van der Waals surface area contributed by atoms with Crippen molar-refractivity contribution in [3.8, 4) is 0 Å². The fourth-order valence-corrected chi connectivity index (χ4v) is 8.39. The molecule has 1 unspecified atom stereocenters. The minimum absolute atomic E-state index is 0.00310. The molecule has 0 radical (unpaired) electrons. The van der Waals surface area contributed by atoms with Gasteiger partial charge < -0.3 is 5.73 Å². The Bertz CT molecular complexity index is 1930. The van der Waals surface area contributed by atoms with E-state index in [0.717, 1.165) is 37.2 Å². The van der Waals surface area contributed by atoms with E-state index in [1.165, 1.54) is 29.5 Å². The van der Waals surface area contributed by atoms with Crippen LogP contribution in [0.3, 0.4) is 0 Å². The summed E-state index contributed by atoms with van der Waals surface area (Å²) < 4.78 is 85.6. The predicted octanol–water partition coefficient (Wildman–Crippen LogP) is 7.94. The Labute approximate surface area is 244 Å². The number of halogens is 4. The van der Waals surface area contributed by atoms with Crippen LogP contribution in [0.1, 0.15) is 33.7 Å². The van der Waals surface area contributed by atoms with Gasteiger partial charge in [-0.1, -0.05) is 72.8 Å². The summed E-state index contributed by atoms with van der Waals surface area (Å²) in [5.41, 5.74) is 8.20. The number of alkyl halides is 3. The Morgan fingerprint density at radius 2 is 1.57 bits per heavy atom. The highest BCUT2D eigenvalue weighted by atomic mass is 32.2. The minimum atomic E-state index is -4.94. The molecule has 1 atom stereocenters. The lowest BCUT2D eigenvalue weighted by Crippen LogP contribution is -2.31. The SMILES string of the molecule is NCC1=CC(c2c(N(Cc3ccc(F)c(C(F)(F)F)c3)S(=O)(=O)c3ccccc3)sc3ccccc23)c2ccccc21. The van der Waals surface area contributed by atoms with Crippen molar-refractivity contribution < 1.29 is 26.0 Å². The van der Waals surface area contributed by atoms with E-state index < -0.39 is 34.1 Å². The number of hydrogen-bond acceptors (Lipinski definition) is 4. The maximum Gasteiger partial charge on any atom is 0.419 e. The van der Waals surface area contributed by atoms with Crippen LogP contribution in [0.15, 0.2) is 108 Å². The van der Waals surface area contributed by atoms with Crippen LogP contribution in [-0.4, -0.2) is 15.0 Å². The number of rotatable bonds is 7. The van der Waals surface area contributed by atoms with Gasteiger partial charge in [0.1, 0.15) is 10.8 Å². The molecule has 5 aromatic rings. The molecule has 1 aromatic heterocycles. The second-order valence-electron chi connectivity index (χ2n) is 9.91. The van der Waals surface area contributed by atoms with Crippen molar-refractivity contribution in [2.45, 2.75) is 23.5 Å². The normalized spacial score (nSPS) is 15.1. The second kappa shape index (κ2) is 10.7. The van der Waals surface area contributed by atoms with E-state index in [1.54, 1.807) is 18.2 Å². The molecule has 0 saturated carbocycles. The van der Waals surface area contributed by atoms with Gasteiger partial charge in [-0.2, -0.15) is 13.2 Å². The maximum atomic E-state index is 14.3. The van der Waals surface area contributed by atoms with E-state index in [2.05, 4.69) is 0 Å². The summed E-state index contributed by atoms with van der Waals surface area (Å²) in [6.45, 7) is -0.158. The molecule has 2 N–H and O–H groups in total. The van der Waals surface area contributed by atoms with Gasteiger partial charge in [0.15, 0.2) is 0 Å². The van der Waals surface area contributed by atoms with Crippen LogP contribution in [0.2, 0.25) is 0 Å². The zero-order chi connectivity index (χ0) is 29.6. The first-order valence-electron chi connectivity index (χ1n) is 13.0. The molecule has 10 heteroatoms. The van der Waals surface area contributed by atoms with Crippen LogP contribution in [0.25, 0.3) is 15.7 Å². The first-order chi connectivity index (χ1) is 20.1. The van der Waals surface area contributed by atoms with E-state index in [1.807, 2.05) is 54.6 Å². The second-order valence-corrected chi connectivity index (χ2v) is 12.8. The molecule has 1 heterocycles. The molecule has 1 aliphatic rings. The number of fused-ring (bicyclic) bond motifs is 2. The van der Waals surface area contributed by atoms with Gasteiger partial charge >= 0.3 is 6.18 Å². The smallest absolute Gasteiger partial charge is 0.326 e. The Morgan fingerprint density at radius 1 is 0.881 bits per heavy atom. The van der Waals surface area contributed by atoms with Crippen molar-refractivity contribution in [2.24, 2.45) is 5.73 Å². The van der Waals surface area contributed by atoms with Gasteiger partial charge in [0, 0.05) is 22.7 Å². The molecule has 6 rings (SSSR count). The largest absolute Gasteiger partial charge is 0.419 e. The number of thiophene rings is 1. The number of hydrogen-bond donors (Lipinski definition) is 1. The van der Waals surface area contributed by atoms with E-state index in [9.17, 15) is 26.0 Å². The van der Waals surface area contributed by atoms with Crippen molar-refractivity contribution in [1.29, 1.82) is 0 Å².